The van der Waals surface area contributed by atoms with E-state index in [1.807, 2.05) is 55.5 Å². The average Bonchev–Trinajstić information content (AvgIpc) is 3.34. The molecule has 1 aliphatic rings. The molecule has 30 heavy (non-hydrogen) atoms. The zero-order valence-corrected chi connectivity index (χ0v) is 17.1. The van der Waals surface area contributed by atoms with E-state index in [0.29, 0.717) is 29.5 Å². The average molecular weight is 421 g/mol. The Hall–Kier alpha value is -3.33. The number of hydrogen-bond acceptors (Lipinski definition) is 8. The fraction of sp³-hybridized carbons (Fsp3) is 0.238. The highest BCUT2D eigenvalue weighted by Crippen LogP contribution is 2.28. The molecule has 4 aromatic rings. The maximum atomic E-state index is 11.8. The van der Waals surface area contributed by atoms with Gasteiger partial charge in [-0.2, -0.15) is 0 Å². The van der Waals surface area contributed by atoms with Crippen LogP contribution in [-0.2, 0) is 9.84 Å². The van der Waals surface area contributed by atoms with Crippen molar-refractivity contribution in [1.82, 2.24) is 20.2 Å². The minimum absolute atomic E-state index is 0.0960. The number of nitrogens with zero attached hydrogens (tertiary/aromatic N) is 4. The summed E-state index contributed by atoms with van der Waals surface area (Å²) in [7, 11) is -3.01. The van der Waals surface area contributed by atoms with Crippen molar-refractivity contribution in [2.45, 2.75) is 19.4 Å². The molecule has 1 saturated heterocycles. The van der Waals surface area contributed by atoms with Gasteiger partial charge in [0.05, 0.1) is 17.0 Å². The fourth-order valence-corrected chi connectivity index (χ4v) is 5.27. The van der Waals surface area contributed by atoms with E-state index in [0.717, 1.165) is 16.5 Å². The second-order valence-corrected chi connectivity index (χ2v) is 9.67. The molecule has 0 radical (unpaired) electrons. The van der Waals surface area contributed by atoms with Crippen LogP contribution in [0.2, 0.25) is 0 Å². The third-order valence-corrected chi connectivity index (χ3v) is 6.83. The lowest BCUT2D eigenvalue weighted by Crippen LogP contribution is -2.21. The highest BCUT2D eigenvalue weighted by atomic mass is 32.2. The molecule has 5 rings (SSSR count). The number of aromatic nitrogens is 4. The highest BCUT2D eigenvalue weighted by molar-refractivity contribution is 7.91. The van der Waals surface area contributed by atoms with Gasteiger partial charge in [-0.05, 0) is 37.6 Å². The van der Waals surface area contributed by atoms with E-state index in [1.54, 1.807) is 0 Å². The molecule has 2 aromatic carbocycles. The van der Waals surface area contributed by atoms with Crippen LogP contribution in [0.25, 0.3) is 34.1 Å². The summed E-state index contributed by atoms with van der Waals surface area (Å²) in [4.78, 5) is 9.16. The Morgan fingerprint density at radius 1 is 1.03 bits per heavy atom. The number of anilines is 1. The molecule has 1 N–H and O–H groups in total. The van der Waals surface area contributed by atoms with E-state index < -0.39 is 9.84 Å². The van der Waals surface area contributed by atoms with Crippen LogP contribution < -0.4 is 5.32 Å². The van der Waals surface area contributed by atoms with Gasteiger partial charge in [0.1, 0.15) is 5.82 Å². The predicted octanol–water partition coefficient (Wildman–Crippen LogP) is 3.25. The minimum Gasteiger partial charge on any atom is -0.413 e. The quantitative estimate of drug-likeness (QED) is 0.535. The lowest BCUT2D eigenvalue weighted by molar-refractivity contribution is 0.579. The molecule has 3 heterocycles. The molecule has 2 aromatic heterocycles. The van der Waals surface area contributed by atoms with Crippen LogP contribution in [0.15, 0.2) is 52.9 Å². The van der Waals surface area contributed by atoms with Crippen molar-refractivity contribution < 1.29 is 12.8 Å². The van der Waals surface area contributed by atoms with Crippen LogP contribution >= 0.6 is 0 Å². The van der Waals surface area contributed by atoms with Gasteiger partial charge in [0.2, 0.25) is 11.7 Å². The van der Waals surface area contributed by atoms with E-state index in [-0.39, 0.29) is 23.4 Å². The topological polar surface area (TPSA) is 111 Å². The van der Waals surface area contributed by atoms with Crippen LogP contribution in [-0.4, -0.2) is 46.1 Å². The third kappa shape index (κ3) is 3.63. The molecule has 0 bridgehead atoms. The van der Waals surface area contributed by atoms with Crippen LogP contribution in [0.4, 0.5) is 5.82 Å². The number of hydrogen-bond donors (Lipinski definition) is 1. The van der Waals surface area contributed by atoms with Crippen molar-refractivity contribution in [2.75, 3.05) is 16.8 Å². The minimum atomic E-state index is -3.01. The standard InChI is InChI=1S/C21H19N5O3S/c1-13-5-4-6-14(11-13)20-25-26-21(29-20)19-23-17-8-3-2-7-16(17)18(24-19)22-15-9-10-30(27,28)12-15/h2-8,11,15H,9-10,12H2,1H3,(H,22,23,24)/t15-/m1/s1. The Morgan fingerprint density at radius 2 is 1.87 bits per heavy atom. The maximum Gasteiger partial charge on any atom is 0.286 e. The number of nitrogens with one attached hydrogen (secondary N) is 1. The molecule has 8 nitrogen and oxygen atoms in total. The van der Waals surface area contributed by atoms with Gasteiger partial charge in [-0.15, -0.1) is 10.2 Å². The predicted molar refractivity (Wildman–Crippen MR) is 114 cm³/mol. The fourth-order valence-electron chi connectivity index (χ4n) is 3.59. The van der Waals surface area contributed by atoms with Crippen molar-refractivity contribution in [3.05, 3.63) is 54.1 Å². The van der Waals surface area contributed by atoms with E-state index >= 15 is 0 Å². The first kappa shape index (κ1) is 18.7. The second kappa shape index (κ2) is 7.17. The molecular weight excluding hydrogens is 402 g/mol. The van der Waals surface area contributed by atoms with Gasteiger partial charge in [0.15, 0.2) is 9.84 Å². The number of rotatable bonds is 4. The molecule has 0 amide bonds. The SMILES string of the molecule is Cc1cccc(-c2nnc(-c3nc(N[C@@H]4CCS(=O)(=O)C4)c4ccccc4n3)o2)c1. The highest BCUT2D eigenvalue weighted by Gasteiger charge is 2.28. The Morgan fingerprint density at radius 3 is 2.67 bits per heavy atom. The second-order valence-electron chi connectivity index (χ2n) is 7.44. The molecule has 152 valence electrons. The van der Waals surface area contributed by atoms with Gasteiger partial charge in [0.25, 0.3) is 5.89 Å². The molecule has 9 heteroatoms. The third-order valence-electron chi connectivity index (χ3n) is 5.06. The van der Waals surface area contributed by atoms with Gasteiger partial charge >= 0.3 is 0 Å². The molecule has 0 unspecified atom stereocenters. The summed E-state index contributed by atoms with van der Waals surface area (Å²) in [6.45, 7) is 1.99. The van der Waals surface area contributed by atoms with Gasteiger partial charge in [-0.3, -0.25) is 0 Å². The van der Waals surface area contributed by atoms with E-state index in [9.17, 15) is 8.42 Å². The van der Waals surface area contributed by atoms with Crippen LogP contribution in [0, 0.1) is 6.92 Å². The van der Waals surface area contributed by atoms with Crippen LogP contribution in [0.1, 0.15) is 12.0 Å². The van der Waals surface area contributed by atoms with Gasteiger partial charge < -0.3 is 9.73 Å². The van der Waals surface area contributed by atoms with E-state index in [2.05, 4.69) is 25.5 Å². The van der Waals surface area contributed by atoms with Crippen LogP contribution in [0.3, 0.4) is 0 Å². The van der Waals surface area contributed by atoms with Crippen molar-refractivity contribution in [3.8, 4) is 23.2 Å². The molecule has 0 aliphatic carbocycles. The molecule has 0 saturated carbocycles. The van der Waals surface area contributed by atoms with Gasteiger partial charge in [-0.1, -0.05) is 29.8 Å². The summed E-state index contributed by atoms with van der Waals surface area (Å²) in [5.41, 5.74) is 2.62. The Kier molecular flexibility index (Phi) is 4.47. The van der Waals surface area contributed by atoms with Gasteiger partial charge in [0, 0.05) is 17.0 Å². The van der Waals surface area contributed by atoms with Gasteiger partial charge in [-0.25, -0.2) is 18.4 Å². The van der Waals surface area contributed by atoms with Crippen molar-refractivity contribution in [1.29, 1.82) is 0 Å². The summed E-state index contributed by atoms with van der Waals surface area (Å²) in [5, 5.41) is 12.4. The smallest absolute Gasteiger partial charge is 0.286 e. The lowest BCUT2D eigenvalue weighted by atomic mass is 10.1. The summed E-state index contributed by atoms with van der Waals surface area (Å²) in [5.74, 6) is 1.74. The number of para-hydroxylation sites is 1. The first-order valence-corrected chi connectivity index (χ1v) is 11.4. The lowest BCUT2D eigenvalue weighted by Gasteiger charge is -2.14. The number of aryl methyl sites for hydroxylation is 1. The first-order chi connectivity index (χ1) is 14.5. The van der Waals surface area contributed by atoms with Crippen molar-refractivity contribution in [2.24, 2.45) is 0 Å². The number of fused-ring (bicyclic) bond motifs is 1. The number of benzene rings is 2. The van der Waals surface area contributed by atoms with Crippen LogP contribution in [0.5, 0.6) is 0 Å². The molecule has 1 atom stereocenters. The Balaban J connectivity index is 1.54. The molecular formula is C21H19N5O3S. The zero-order chi connectivity index (χ0) is 20.7. The zero-order valence-electron chi connectivity index (χ0n) is 16.2. The molecule has 1 aliphatic heterocycles. The first-order valence-electron chi connectivity index (χ1n) is 9.61. The van der Waals surface area contributed by atoms with E-state index in [4.69, 9.17) is 4.42 Å². The summed E-state index contributed by atoms with van der Waals surface area (Å²) in [6.07, 6.45) is 0.550. The van der Waals surface area contributed by atoms with Crippen molar-refractivity contribution >= 4 is 26.6 Å². The Bertz CT molecular complexity index is 1350. The largest absolute Gasteiger partial charge is 0.413 e. The van der Waals surface area contributed by atoms with E-state index in [1.165, 1.54) is 0 Å². The maximum absolute atomic E-state index is 11.8. The summed E-state index contributed by atoms with van der Waals surface area (Å²) in [6, 6.07) is 15.1. The van der Waals surface area contributed by atoms with Crippen molar-refractivity contribution in [3.63, 3.8) is 0 Å². The summed E-state index contributed by atoms with van der Waals surface area (Å²) >= 11 is 0. The monoisotopic (exact) mass is 421 g/mol. The normalized spacial score (nSPS) is 18.0. The molecule has 1 fully saturated rings. The molecule has 0 spiro atoms. The Labute approximate surface area is 173 Å². The number of sulfone groups is 1. The summed E-state index contributed by atoms with van der Waals surface area (Å²) < 4.78 is 29.5.